The number of hydrogen-bond acceptors (Lipinski definition) is 4. The molecule has 0 saturated heterocycles. The van der Waals surface area contributed by atoms with E-state index in [2.05, 4.69) is 71.9 Å². The van der Waals surface area contributed by atoms with E-state index in [1.165, 1.54) is 11.3 Å². The first-order valence-electron chi connectivity index (χ1n) is 7.46. The van der Waals surface area contributed by atoms with Crippen LogP contribution >= 0.6 is 0 Å². The highest BCUT2D eigenvalue weighted by Gasteiger charge is 2.50. The number of benzene rings is 1. The molecule has 0 aliphatic carbocycles. The molecule has 0 bridgehead atoms. The van der Waals surface area contributed by atoms with E-state index in [-0.39, 0.29) is 11.6 Å². The summed E-state index contributed by atoms with van der Waals surface area (Å²) < 4.78 is 0. The van der Waals surface area contributed by atoms with Crippen LogP contribution in [-0.2, 0) is 5.41 Å². The lowest BCUT2D eigenvalue weighted by Crippen LogP contribution is -2.53. The molecular formula is C17H20N4. The molecule has 21 heavy (non-hydrogen) atoms. The summed E-state index contributed by atoms with van der Waals surface area (Å²) in [7, 11) is 2.12. The van der Waals surface area contributed by atoms with E-state index in [1.807, 2.05) is 0 Å². The molecule has 2 atom stereocenters. The summed E-state index contributed by atoms with van der Waals surface area (Å²) in [4.78, 5) is 13.8. The number of para-hydroxylation sites is 1. The molecule has 4 rings (SSSR count). The van der Waals surface area contributed by atoms with Crippen LogP contribution in [0.2, 0.25) is 0 Å². The molecule has 2 aromatic rings. The summed E-state index contributed by atoms with van der Waals surface area (Å²) in [5.41, 5.74) is 2.77. The molecule has 1 aromatic carbocycles. The summed E-state index contributed by atoms with van der Waals surface area (Å²) in [6.07, 6.45) is 3.82. The largest absolute Gasteiger partial charge is 0.335 e. The van der Waals surface area contributed by atoms with Crippen molar-refractivity contribution in [3.63, 3.8) is 0 Å². The molecule has 1 aromatic heterocycles. The molecule has 0 N–H and O–H groups in total. The molecule has 0 radical (unpaired) electrons. The fourth-order valence-corrected chi connectivity index (χ4v) is 3.83. The predicted molar refractivity (Wildman–Crippen MR) is 85.0 cm³/mol. The van der Waals surface area contributed by atoms with Crippen molar-refractivity contribution in [2.75, 3.05) is 16.8 Å². The Morgan fingerprint density at radius 3 is 2.48 bits per heavy atom. The van der Waals surface area contributed by atoms with Gasteiger partial charge in [-0.3, -0.25) is 0 Å². The maximum atomic E-state index is 4.60. The molecule has 0 saturated carbocycles. The zero-order chi connectivity index (χ0) is 14.8. The minimum Gasteiger partial charge on any atom is -0.335 e. The lowest BCUT2D eigenvalue weighted by Gasteiger charge is -2.48. The van der Waals surface area contributed by atoms with Crippen LogP contribution < -0.4 is 9.80 Å². The van der Waals surface area contributed by atoms with Gasteiger partial charge in [-0.15, -0.1) is 0 Å². The highest BCUT2D eigenvalue weighted by molar-refractivity contribution is 5.81. The topological polar surface area (TPSA) is 32.3 Å². The predicted octanol–water partition coefficient (Wildman–Crippen LogP) is 3.32. The Hall–Kier alpha value is -2.10. The van der Waals surface area contributed by atoms with Crippen LogP contribution in [0.25, 0.3) is 0 Å². The second-order valence-electron chi connectivity index (χ2n) is 6.63. The molecule has 0 fully saturated rings. The lowest BCUT2D eigenvalue weighted by atomic mass is 9.69. The molecule has 4 nitrogen and oxygen atoms in total. The van der Waals surface area contributed by atoms with Gasteiger partial charge in [-0.05, 0) is 17.0 Å². The van der Waals surface area contributed by atoms with E-state index in [1.54, 1.807) is 12.4 Å². The molecule has 108 valence electrons. The van der Waals surface area contributed by atoms with E-state index >= 15 is 0 Å². The number of hydrogen-bond donors (Lipinski definition) is 0. The molecule has 2 aliphatic heterocycles. The standard InChI is InChI=1S/C17H20N4/c1-11-16-20(4)14-15(19-10-9-18-14)21(16)13-8-6-5-7-12(13)17(11,2)3/h5-11,16H,1-4H3. The van der Waals surface area contributed by atoms with Crippen molar-refractivity contribution in [3.05, 3.63) is 42.2 Å². The molecule has 3 heterocycles. The Morgan fingerprint density at radius 2 is 1.71 bits per heavy atom. The second-order valence-corrected chi connectivity index (χ2v) is 6.63. The Morgan fingerprint density at radius 1 is 1.05 bits per heavy atom. The normalized spacial score (nSPS) is 25.3. The monoisotopic (exact) mass is 280 g/mol. The van der Waals surface area contributed by atoms with Gasteiger partial charge in [0.25, 0.3) is 0 Å². The third-order valence-corrected chi connectivity index (χ3v) is 5.33. The maximum Gasteiger partial charge on any atom is 0.178 e. The van der Waals surface area contributed by atoms with Crippen molar-refractivity contribution in [2.45, 2.75) is 32.4 Å². The number of rotatable bonds is 0. The van der Waals surface area contributed by atoms with Crippen molar-refractivity contribution < 1.29 is 0 Å². The minimum absolute atomic E-state index is 0.119. The minimum atomic E-state index is 0.119. The smallest absolute Gasteiger partial charge is 0.178 e. The van der Waals surface area contributed by atoms with Crippen LogP contribution in [0.3, 0.4) is 0 Å². The van der Waals surface area contributed by atoms with Gasteiger partial charge < -0.3 is 9.80 Å². The molecular weight excluding hydrogens is 260 g/mol. The lowest BCUT2D eigenvalue weighted by molar-refractivity contribution is 0.275. The van der Waals surface area contributed by atoms with Crippen molar-refractivity contribution >= 4 is 17.3 Å². The summed E-state index contributed by atoms with van der Waals surface area (Å²) in [6.45, 7) is 7.01. The molecule has 0 spiro atoms. The van der Waals surface area contributed by atoms with Gasteiger partial charge in [-0.1, -0.05) is 39.0 Å². The van der Waals surface area contributed by atoms with E-state index in [9.17, 15) is 0 Å². The van der Waals surface area contributed by atoms with Gasteiger partial charge in [0.15, 0.2) is 11.6 Å². The van der Waals surface area contributed by atoms with Crippen LogP contribution in [0.15, 0.2) is 36.7 Å². The van der Waals surface area contributed by atoms with Crippen LogP contribution in [0.4, 0.5) is 17.3 Å². The molecule has 0 amide bonds. The van der Waals surface area contributed by atoms with E-state index in [0.717, 1.165) is 11.6 Å². The quantitative estimate of drug-likeness (QED) is 0.741. The number of fused-ring (bicyclic) bond motifs is 5. The highest BCUT2D eigenvalue weighted by atomic mass is 15.5. The first-order chi connectivity index (χ1) is 10.0. The summed E-state index contributed by atoms with van der Waals surface area (Å²) in [6, 6.07) is 8.69. The molecule has 2 aliphatic rings. The van der Waals surface area contributed by atoms with Crippen LogP contribution in [0.1, 0.15) is 26.3 Å². The molecule has 4 heteroatoms. The SMILES string of the molecule is CC1C2N(C)c3nccnc3N2c2ccccc2C1(C)C. The van der Waals surface area contributed by atoms with Gasteiger partial charge in [0.05, 0.1) is 0 Å². The third kappa shape index (κ3) is 1.45. The van der Waals surface area contributed by atoms with E-state index in [0.29, 0.717) is 5.92 Å². The van der Waals surface area contributed by atoms with E-state index < -0.39 is 0 Å². The van der Waals surface area contributed by atoms with Gasteiger partial charge in [-0.2, -0.15) is 0 Å². The van der Waals surface area contributed by atoms with Crippen LogP contribution in [-0.4, -0.2) is 23.2 Å². The van der Waals surface area contributed by atoms with Gasteiger partial charge in [0.2, 0.25) is 0 Å². The van der Waals surface area contributed by atoms with Crippen LogP contribution in [0, 0.1) is 5.92 Å². The van der Waals surface area contributed by atoms with Gasteiger partial charge >= 0.3 is 0 Å². The van der Waals surface area contributed by atoms with Gasteiger partial charge in [-0.25, -0.2) is 9.97 Å². The number of aromatic nitrogens is 2. The van der Waals surface area contributed by atoms with Crippen molar-refractivity contribution in [1.29, 1.82) is 0 Å². The molecule has 2 unspecified atom stereocenters. The summed E-state index contributed by atoms with van der Waals surface area (Å²) >= 11 is 0. The van der Waals surface area contributed by atoms with Gasteiger partial charge in [0.1, 0.15) is 6.17 Å². The average Bonchev–Trinajstić information content (AvgIpc) is 2.79. The Balaban J connectivity index is 2.01. The maximum absolute atomic E-state index is 4.60. The third-order valence-electron chi connectivity index (χ3n) is 5.33. The van der Waals surface area contributed by atoms with E-state index in [4.69, 9.17) is 0 Å². The summed E-state index contributed by atoms with van der Waals surface area (Å²) in [5.74, 6) is 2.41. The number of anilines is 3. The fourth-order valence-electron chi connectivity index (χ4n) is 3.83. The Labute approximate surface area is 125 Å². The first-order valence-corrected chi connectivity index (χ1v) is 7.46. The zero-order valence-electron chi connectivity index (χ0n) is 12.9. The van der Waals surface area contributed by atoms with Crippen LogP contribution in [0.5, 0.6) is 0 Å². The Kier molecular flexibility index (Phi) is 2.39. The van der Waals surface area contributed by atoms with Gasteiger partial charge in [0, 0.05) is 31.0 Å². The van der Waals surface area contributed by atoms with Crippen molar-refractivity contribution in [2.24, 2.45) is 5.92 Å². The second kappa shape index (κ2) is 3.97. The number of nitrogens with zero attached hydrogens (tertiary/aromatic N) is 4. The summed E-state index contributed by atoms with van der Waals surface area (Å²) in [5, 5.41) is 0. The highest BCUT2D eigenvalue weighted by Crippen LogP contribution is 2.53. The van der Waals surface area contributed by atoms with Crippen molar-refractivity contribution in [3.8, 4) is 0 Å². The Bertz CT molecular complexity index is 709. The van der Waals surface area contributed by atoms with Crippen molar-refractivity contribution in [1.82, 2.24) is 9.97 Å². The fraction of sp³-hybridized carbons (Fsp3) is 0.412. The zero-order valence-corrected chi connectivity index (χ0v) is 12.9. The average molecular weight is 280 g/mol. The first kappa shape index (κ1) is 12.6.